The smallest absolute Gasteiger partial charge is 0.0481 e. The number of hydrogen-bond acceptors (Lipinski definition) is 2. The molecule has 1 aromatic heterocycles. The highest BCUT2D eigenvalue weighted by molar-refractivity contribution is 5.84. The molecular weight excluding hydrogens is 174 g/mol. The van der Waals surface area contributed by atoms with Crippen LogP contribution in [0.25, 0.3) is 10.9 Å². The van der Waals surface area contributed by atoms with E-state index < -0.39 is 0 Å². The van der Waals surface area contributed by atoms with E-state index in [2.05, 4.69) is 22.9 Å². The van der Waals surface area contributed by atoms with Gasteiger partial charge in [-0.1, -0.05) is 18.2 Å². The average molecular weight is 189 g/mol. The zero-order chi connectivity index (χ0) is 10.1. The van der Waals surface area contributed by atoms with Crippen molar-refractivity contribution in [3.63, 3.8) is 0 Å². The highest BCUT2D eigenvalue weighted by Gasteiger charge is 2.10. The molecule has 3 nitrogen and oxygen atoms in total. The van der Waals surface area contributed by atoms with Gasteiger partial charge in [0.1, 0.15) is 0 Å². The molecule has 1 aromatic carbocycles. The summed E-state index contributed by atoms with van der Waals surface area (Å²) in [5, 5.41) is 1.20. The normalized spacial score (nSPS) is 13.4. The SMILES string of the molecule is Cn1cc(C(N)CN)c2ccccc21. The van der Waals surface area contributed by atoms with Gasteiger partial charge in [-0.15, -0.1) is 0 Å². The van der Waals surface area contributed by atoms with E-state index in [4.69, 9.17) is 11.5 Å². The fourth-order valence-electron chi connectivity index (χ4n) is 1.80. The molecule has 0 aliphatic carbocycles. The molecule has 74 valence electrons. The average Bonchev–Trinajstić information content (AvgIpc) is 2.56. The molecule has 0 saturated heterocycles. The first-order valence-electron chi connectivity index (χ1n) is 4.73. The first-order chi connectivity index (χ1) is 6.74. The second-order valence-electron chi connectivity index (χ2n) is 3.55. The van der Waals surface area contributed by atoms with Crippen LogP contribution in [0.3, 0.4) is 0 Å². The zero-order valence-electron chi connectivity index (χ0n) is 8.27. The van der Waals surface area contributed by atoms with Gasteiger partial charge in [-0.25, -0.2) is 0 Å². The molecule has 2 rings (SSSR count). The van der Waals surface area contributed by atoms with Gasteiger partial charge in [0, 0.05) is 36.7 Å². The van der Waals surface area contributed by atoms with Crippen LogP contribution in [0.4, 0.5) is 0 Å². The molecule has 0 spiro atoms. The van der Waals surface area contributed by atoms with Crippen LogP contribution in [0.15, 0.2) is 30.5 Å². The molecule has 1 heterocycles. The molecule has 0 aliphatic rings. The summed E-state index contributed by atoms with van der Waals surface area (Å²) in [6.45, 7) is 0.480. The van der Waals surface area contributed by atoms with E-state index in [0.29, 0.717) is 6.54 Å². The van der Waals surface area contributed by atoms with Crippen LogP contribution in [0.1, 0.15) is 11.6 Å². The highest BCUT2D eigenvalue weighted by atomic mass is 14.9. The Balaban J connectivity index is 2.66. The quantitative estimate of drug-likeness (QED) is 0.744. The molecule has 0 radical (unpaired) electrons. The van der Waals surface area contributed by atoms with E-state index in [1.54, 1.807) is 0 Å². The lowest BCUT2D eigenvalue weighted by molar-refractivity contribution is 0.738. The number of fused-ring (bicyclic) bond motifs is 1. The summed E-state index contributed by atoms with van der Waals surface area (Å²) >= 11 is 0. The summed E-state index contributed by atoms with van der Waals surface area (Å²) in [7, 11) is 2.02. The molecule has 2 aromatic rings. The number of nitrogens with two attached hydrogens (primary N) is 2. The summed E-state index contributed by atoms with van der Waals surface area (Å²) in [6.07, 6.45) is 2.06. The second kappa shape index (κ2) is 3.44. The predicted molar refractivity (Wildman–Crippen MR) is 58.9 cm³/mol. The van der Waals surface area contributed by atoms with Crippen LogP contribution in [-0.2, 0) is 7.05 Å². The lowest BCUT2D eigenvalue weighted by Crippen LogP contribution is -2.20. The van der Waals surface area contributed by atoms with Crippen molar-refractivity contribution in [1.29, 1.82) is 0 Å². The topological polar surface area (TPSA) is 57.0 Å². The Morgan fingerprint density at radius 2 is 2.07 bits per heavy atom. The molecular formula is C11H15N3. The van der Waals surface area contributed by atoms with Crippen LogP contribution >= 0.6 is 0 Å². The standard InChI is InChI=1S/C11H15N3/c1-14-7-9(10(13)6-12)8-4-2-3-5-11(8)14/h2-5,7,10H,6,12-13H2,1H3. The molecule has 0 amide bonds. The third-order valence-electron chi connectivity index (χ3n) is 2.58. The van der Waals surface area contributed by atoms with Crippen molar-refractivity contribution in [2.45, 2.75) is 6.04 Å². The van der Waals surface area contributed by atoms with Gasteiger partial charge in [-0.3, -0.25) is 0 Å². The minimum atomic E-state index is -0.0684. The number of hydrogen-bond donors (Lipinski definition) is 2. The van der Waals surface area contributed by atoms with Crippen molar-refractivity contribution >= 4 is 10.9 Å². The second-order valence-corrected chi connectivity index (χ2v) is 3.55. The summed E-state index contributed by atoms with van der Waals surface area (Å²) in [6, 6.07) is 8.15. The maximum Gasteiger partial charge on any atom is 0.0481 e. The van der Waals surface area contributed by atoms with Gasteiger partial charge in [-0.2, -0.15) is 0 Å². The number of rotatable bonds is 2. The van der Waals surface area contributed by atoms with Gasteiger partial charge in [-0.05, 0) is 11.6 Å². The maximum atomic E-state index is 5.94. The molecule has 4 N–H and O–H groups in total. The third-order valence-corrected chi connectivity index (χ3v) is 2.58. The summed E-state index contributed by atoms with van der Waals surface area (Å²) in [5.74, 6) is 0. The minimum Gasteiger partial charge on any atom is -0.350 e. The Bertz CT molecular complexity index is 445. The third kappa shape index (κ3) is 1.31. The first-order valence-corrected chi connectivity index (χ1v) is 4.73. The van der Waals surface area contributed by atoms with Gasteiger partial charge < -0.3 is 16.0 Å². The summed E-state index contributed by atoms with van der Waals surface area (Å²) in [4.78, 5) is 0. The van der Waals surface area contributed by atoms with Crippen LogP contribution in [0.5, 0.6) is 0 Å². The van der Waals surface area contributed by atoms with E-state index in [9.17, 15) is 0 Å². The summed E-state index contributed by atoms with van der Waals surface area (Å²) in [5.41, 5.74) is 13.8. The Hall–Kier alpha value is -1.32. The fraction of sp³-hybridized carbons (Fsp3) is 0.273. The zero-order valence-corrected chi connectivity index (χ0v) is 8.27. The number of para-hydroxylation sites is 1. The van der Waals surface area contributed by atoms with E-state index in [1.807, 2.05) is 19.2 Å². The number of aromatic nitrogens is 1. The highest BCUT2D eigenvalue weighted by Crippen LogP contribution is 2.23. The molecule has 1 unspecified atom stereocenters. The molecule has 0 fully saturated rings. The van der Waals surface area contributed by atoms with E-state index in [1.165, 1.54) is 10.9 Å². The summed E-state index contributed by atoms with van der Waals surface area (Å²) < 4.78 is 2.08. The van der Waals surface area contributed by atoms with Gasteiger partial charge in [0.15, 0.2) is 0 Å². The lowest BCUT2D eigenvalue weighted by atomic mass is 10.1. The Morgan fingerprint density at radius 3 is 2.79 bits per heavy atom. The maximum absolute atomic E-state index is 5.94. The number of aryl methyl sites for hydroxylation is 1. The van der Waals surface area contributed by atoms with Crippen molar-refractivity contribution < 1.29 is 0 Å². The largest absolute Gasteiger partial charge is 0.350 e. The predicted octanol–water partition coefficient (Wildman–Crippen LogP) is 1.14. The van der Waals surface area contributed by atoms with Gasteiger partial charge in [0.2, 0.25) is 0 Å². The monoisotopic (exact) mass is 189 g/mol. The van der Waals surface area contributed by atoms with Crippen molar-refractivity contribution in [1.82, 2.24) is 4.57 Å². The van der Waals surface area contributed by atoms with Crippen LogP contribution in [-0.4, -0.2) is 11.1 Å². The van der Waals surface area contributed by atoms with E-state index in [-0.39, 0.29) is 6.04 Å². The van der Waals surface area contributed by atoms with Crippen molar-refractivity contribution in [2.24, 2.45) is 18.5 Å². The van der Waals surface area contributed by atoms with Crippen LogP contribution in [0.2, 0.25) is 0 Å². The lowest BCUT2D eigenvalue weighted by Gasteiger charge is -2.06. The van der Waals surface area contributed by atoms with Crippen molar-refractivity contribution in [2.75, 3.05) is 6.54 Å². The fourth-order valence-corrected chi connectivity index (χ4v) is 1.80. The van der Waals surface area contributed by atoms with Gasteiger partial charge in [0.05, 0.1) is 0 Å². The van der Waals surface area contributed by atoms with Crippen molar-refractivity contribution in [3.05, 3.63) is 36.0 Å². The van der Waals surface area contributed by atoms with E-state index >= 15 is 0 Å². The molecule has 0 aliphatic heterocycles. The molecule has 0 bridgehead atoms. The number of nitrogens with zero attached hydrogens (tertiary/aromatic N) is 1. The molecule has 1 atom stereocenters. The van der Waals surface area contributed by atoms with Crippen molar-refractivity contribution in [3.8, 4) is 0 Å². The molecule has 0 saturated carbocycles. The Morgan fingerprint density at radius 1 is 1.36 bits per heavy atom. The van der Waals surface area contributed by atoms with Gasteiger partial charge in [0.25, 0.3) is 0 Å². The molecule has 14 heavy (non-hydrogen) atoms. The Kier molecular flexibility index (Phi) is 2.27. The van der Waals surface area contributed by atoms with Crippen LogP contribution in [0, 0.1) is 0 Å². The molecule has 3 heteroatoms. The minimum absolute atomic E-state index is 0.0684. The van der Waals surface area contributed by atoms with Crippen LogP contribution < -0.4 is 11.5 Å². The first kappa shape index (κ1) is 9.24. The van der Waals surface area contributed by atoms with E-state index in [0.717, 1.165) is 5.56 Å². The number of benzene rings is 1. The van der Waals surface area contributed by atoms with Gasteiger partial charge >= 0.3 is 0 Å². The Labute approximate surface area is 83.3 Å².